The number of amides is 1. The molecule has 1 unspecified atom stereocenters. The number of carbonyl (C=O) groups is 1. The maximum atomic E-state index is 13.1. The van der Waals surface area contributed by atoms with E-state index in [4.69, 9.17) is 9.15 Å². The lowest BCUT2D eigenvalue weighted by Crippen LogP contribution is -2.46. The highest BCUT2D eigenvalue weighted by Gasteiger charge is 2.32. The van der Waals surface area contributed by atoms with Gasteiger partial charge in [0.25, 0.3) is 0 Å². The van der Waals surface area contributed by atoms with Gasteiger partial charge >= 0.3 is 0 Å². The molecule has 1 atom stereocenters. The topological polar surface area (TPSA) is 71.7 Å². The van der Waals surface area contributed by atoms with Crippen LogP contribution in [0.2, 0.25) is 0 Å². The van der Waals surface area contributed by atoms with Crippen molar-refractivity contribution >= 4 is 11.7 Å². The van der Waals surface area contributed by atoms with Gasteiger partial charge < -0.3 is 19.0 Å². The highest BCUT2D eigenvalue weighted by atomic mass is 16.5. The number of aromatic nitrogens is 2. The molecule has 0 radical (unpaired) electrons. The molecule has 0 N–H and O–H groups in total. The van der Waals surface area contributed by atoms with E-state index in [0.717, 1.165) is 43.2 Å². The summed E-state index contributed by atoms with van der Waals surface area (Å²) in [6.45, 7) is 3.26. The zero-order valence-corrected chi connectivity index (χ0v) is 15.1. The van der Waals surface area contributed by atoms with Crippen LogP contribution in [-0.2, 0) is 29.1 Å². The molecule has 138 valence electrons. The van der Waals surface area contributed by atoms with Gasteiger partial charge in [0.05, 0.1) is 12.5 Å². The fourth-order valence-corrected chi connectivity index (χ4v) is 3.81. The molecule has 0 aromatic carbocycles. The third kappa shape index (κ3) is 3.44. The number of pyridine rings is 1. The predicted octanol–water partition coefficient (Wildman–Crippen LogP) is 2.02. The molecule has 7 nitrogen and oxygen atoms in total. The van der Waals surface area contributed by atoms with E-state index in [0.29, 0.717) is 32.0 Å². The van der Waals surface area contributed by atoms with Crippen LogP contribution in [0.25, 0.3) is 0 Å². The van der Waals surface area contributed by atoms with Crippen LogP contribution in [0, 0.1) is 5.92 Å². The Bertz CT molecular complexity index is 761. The summed E-state index contributed by atoms with van der Waals surface area (Å²) in [5, 5.41) is 0. The molecular weight excluding hydrogens is 332 g/mol. The zero-order valence-electron chi connectivity index (χ0n) is 15.1. The van der Waals surface area contributed by atoms with Gasteiger partial charge in [-0.15, -0.1) is 0 Å². The molecule has 2 aromatic heterocycles. The Labute approximate surface area is 153 Å². The molecular formula is C19H24N4O3. The first-order valence-corrected chi connectivity index (χ1v) is 9.15. The molecule has 0 saturated carbocycles. The summed E-state index contributed by atoms with van der Waals surface area (Å²) in [6.07, 6.45) is 4.46. The Morgan fingerprint density at radius 3 is 3.12 bits per heavy atom. The SMILES string of the molecule is COCc1nc2c(o1)CCN(C(=O)C1CCCN(c3ccccn3)C1)C2. The molecule has 1 fully saturated rings. The van der Waals surface area contributed by atoms with Crippen molar-refractivity contribution in [3.8, 4) is 0 Å². The maximum Gasteiger partial charge on any atom is 0.227 e. The largest absolute Gasteiger partial charge is 0.443 e. The minimum Gasteiger partial charge on any atom is -0.443 e. The Hall–Kier alpha value is -2.41. The molecule has 1 amide bonds. The summed E-state index contributed by atoms with van der Waals surface area (Å²) < 4.78 is 10.8. The number of ether oxygens (including phenoxy) is 1. The minimum absolute atomic E-state index is 0.0117. The van der Waals surface area contributed by atoms with Crippen LogP contribution in [0.15, 0.2) is 28.8 Å². The van der Waals surface area contributed by atoms with Crippen LogP contribution < -0.4 is 4.90 Å². The van der Waals surface area contributed by atoms with E-state index in [1.807, 2.05) is 23.1 Å². The number of fused-ring (bicyclic) bond motifs is 1. The Kier molecular flexibility index (Phi) is 4.88. The lowest BCUT2D eigenvalue weighted by Gasteiger charge is -2.36. The molecule has 7 heteroatoms. The van der Waals surface area contributed by atoms with Crippen molar-refractivity contribution in [2.24, 2.45) is 5.92 Å². The predicted molar refractivity (Wildman–Crippen MR) is 95.5 cm³/mol. The van der Waals surface area contributed by atoms with Crippen LogP contribution in [-0.4, -0.2) is 47.5 Å². The van der Waals surface area contributed by atoms with E-state index < -0.39 is 0 Å². The van der Waals surface area contributed by atoms with Gasteiger partial charge in [-0.25, -0.2) is 9.97 Å². The number of oxazole rings is 1. The van der Waals surface area contributed by atoms with Crippen molar-refractivity contribution in [2.45, 2.75) is 32.4 Å². The van der Waals surface area contributed by atoms with Gasteiger partial charge in [-0.05, 0) is 25.0 Å². The van der Waals surface area contributed by atoms with E-state index in [1.54, 1.807) is 13.3 Å². The first kappa shape index (κ1) is 17.0. The van der Waals surface area contributed by atoms with Gasteiger partial charge in [0.15, 0.2) is 0 Å². The molecule has 2 aliphatic rings. The van der Waals surface area contributed by atoms with E-state index in [9.17, 15) is 4.79 Å². The Balaban J connectivity index is 1.42. The summed E-state index contributed by atoms with van der Waals surface area (Å²) in [7, 11) is 1.62. The molecule has 0 bridgehead atoms. The van der Waals surface area contributed by atoms with Crippen LogP contribution in [0.5, 0.6) is 0 Å². The fraction of sp³-hybridized carbons (Fsp3) is 0.526. The third-order valence-corrected chi connectivity index (χ3v) is 5.10. The van der Waals surface area contributed by atoms with E-state index in [-0.39, 0.29) is 11.8 Å². The second-order valence-corrected chi connectivity index (χ2v) is 6.89. The summed E-state index contributed by atoms with van der Waals surface area (Å²) in [6, 6.07) is 5.91. The lowest BCUT2D eigenvalue weighted by molar-refractivity contribution is -0.136. The van der Waals surface area contributed by atoms with Crippen molar-refractivity contribution in [2.75, 3.05) is 31.6 Å². The lowest BCUT2D eigenvalue weighted by atomic mass is 9.95. The summed E-state index contributed by atoms with van der Waals surface area (Å²) in [5.41, 5.74) is 0.869. The summed E-state index contributed by atoms with van der Waals surface area (Å²) in [4.78, 5) is 26.1. The highest BCUT2D eigenvalue weighted by molar-refractivity contribution is 5.80. The van der Waals surface area contributed by atoms with Crippen molar-refractivity contribution in [3.63, 3.8) is 0 Å². The molecule has 0 spiro atoms. The van der Waals surface area contributed by atoms with Crippen LogP contribution in [0.1, 0.15) is 30.2 Å². The Morgan fingerprint density at radius 2 is 2.31 bits per heavy atom. The second kappa shape index (κ2) is 7.45. The summed E-state index contributed by atoms with van der Waals surface area (Å²) >= 11 is 0. The molecule has 4 rings (SSSR count). The van der Waals surface area contributed by atoms with E-state index in [1.165, 1.54) is 0 Å². The first-order chi connectivity index (χ1) is 12.7. The number of piperidine rings is 1. The first-order valence-electron chi connectivity index (χ1n) is 9.15. The number of methoxy groups -OCH3 is 1. The van der Waals surface area contributed by atoms with Gasteiger partial charge in [0.1, 0.15) is 23.9 Å². The average molecular weight is 356 g/mol. The number of anilines is 1. The number of hydrogen-bond acceptors (Lipinski definition) is 6. The van der Waals surface area contributed by atoms with Crippen molar-refractivity contribution < 1.29 is 13.9 Å². The van der Waals surface area contributed by atoms with Crippen molar-refractivity contribution in [3.05, 3.63) is 41.7 Å². The monoisotopic (exact) mass is 356 g/mol. The van der Waals surface area contributed by atoms with Gasteiger partial charge in [0.2, 0.25) is 11.8 Å². The number of carbonyl (C=O) groups excluding carboxylic acids is 1. The van der Waals surface area contributed by atoms with Crippen LogP contribution in [0.3, 0.4) is 0 Å². The molecule has 4 heterocycles. The highest BCUT2D eigenvalue weighted by Crippen LogP contribution is 2.26. The molecule has 0 aliphatic carbocycles. The van der Waals surface area contributed by atoms with Gasteiger partial charge in [-0.2, -0.15) is 0 Å². The maximum absolute atomic E-state index is 13.1. The normalized spacial score (nSPS) is 20.1. The third-order valence-electron chi connectivity index (χ3n) is 5.10. The van der Waals surface area contributed by atoms with Crippen LogP contribution in [0.4, 0.5) is 5.82 Å². The van der Waals surface area contributed by atoms with Crippen LogP contribution >= 0.6 is 0 Å². The molecule has 26 heavy (non-hydrogen) atoms. The van der Waals surface area contributed by atoms with Crippen molar-refractivity contribution in [1.82, 2.24) is 14.9 Å². The number of hydrogen-bond donors (Lipinski definition) is 0. The van der Waals surface area contributed by atoms with Crippen molar-refractivity contribution in [1.29, 1.82) is 0 Å². The molecule has 1 saturated heterocycles. The standard InChI is InChI=1S/C19H24N4O3/c1-25-13-18-21-15-12-23(10-7-16(15)26-18)19(24)14-5-4-9-22(11-14)17-6-2-3-8-20-17/h2-3,6,8,14H,4-5,7,9-13H2,1H3. The smallest absolute Gasteiger partial charge is 0.227 e. The van der Waals surface area contributed by atoms with E-state index >= 15 is 0 Å². The molecule has 2 aromatic rings. The summed E-state index contributed by atoms with van der Waals surface area (Å²) in [5.74, 6) is 2.66. The second-order valence-electron chi connectivity index (χ2n) is 6.89. The fourth-order valence-electron chi connectivity index (χ4n) is 3.81. The van der Waals surface area contributed by atoms with Gasteiger partial charge in [-0.3, -0.25) is 4.79 Å². The number of nitrogens with zero attached hydrogens (tertiary/aromatic N) is 4. The molecule has 2 aliphatic heterocycles. The van der Waals surface area contributed by atoms with Gasteiger partial charge in [0, 0.05) is 39.4 Å². The average Bonchev–Trinajstić information content (AvgIpc) is 3.10. The quantitative estimate of drug-likeness (QED) is 0.835. The Morgan fingerprint density at radius 1 is 1.38 bits per heavy atom. The minimum atomic E-state index is 0.0117. The van der Waals surface area contributed by atoms with E-state index in [2.05, 4.69) is 14.9 Å². The number of rotatable bonds is 4. The van der Waals surface area contributed by atoms with Gasteiger partial charge in [-0.1, -0.05) is 6.07 Å². The zero-order chi connectivity index (χ0) is 17.9.